The number of nitrogens with zero attached hydrogens (tertiary/aromatic N) is 2. The molecule has 1 fully saturated rings. The van der Waals surface area contributed by atoms with Crippen LogP contribution in [0.15, 0.2) is 59.6 Å². The van der Waals surface area contributed by atoms with Crippen molar-refractivity contribution in [1.82, 2.24) is 15.5 Å². The highest BCUT2D eigenvalue weighted by molar-refractivity contribution is 5.79. The van der Waals surface area contributed by atoms with Gasteiger partial charge >= 0.3 is 0 Å². The van der Waals surface area contributed by atoms with Crippen LogP contribution >= 0.6 is 0 Å². The van der Waals surface area contributed by atoms with E-state index in [0.29, 0.717) is 38.6 Å². The Morgan fingerprint density at radius 1 is 1.10 bits per heavy atom. The summed E-state index contributed by atoms with van der Waals surface area (Å²) in [5.74, 6) is 1.40. The average Bonchev–Trinajstić information content (AvgIpc) is 3.19. The molecular weight excluding hydrogens is 388 g/mol. The summed E-state index contributed by atoms with van der Waals surface area (Å²) < 4.78 is 5.82. The molecular formula is C25H34N4O2. The predicted molar refractivity (Wildman–Crippen MR) is 125 cm³/mol. The van der Waals surface area contributed by atoms with Crippen LogP contribution in [0.3, 0.4) is 0 Å². The Morgan fingerprint density at radius 3 is 2.61 bits per heavy atom. The normalized spacial score (nSPS) is 15.2. The van der Waals surface area contributed by atoms with Gasteiger partial charge in [0.15, 0.2) is 5.96 Å². The zero-order valence-electron chi connectivity index (χ0n) is 18.6. The van der Waals surface area contributed by atoms with Crippen LogP contribution in [0.1, 0.15) is 36.5 Å². The Kier molecular flexibility index (Phi) is 8.91. The van der Waals surface area contributed by atoms with Crippen molar-refractivity contribution in [3.05, 3.63) is 71.3 Å². The zero-order chi connectivity index (χ0) is 21.9. The van der Waals surface area contributed by atoms with Crippen LogP contribution in [0, 0.1) is 5.92 Å². The molecule has 0 aliphatic carbocycles. The Labute approximate surface area is 185 Å². The van der Waals surface area contributed by atoms with Crippen LogP contribution in [0.5, 0.6) is 0 Å². The lowest BCUT2D eigenvalue weighted by molar-refractivity contribution is -0.128. The molecule has 1 aliphatic rings. The van der Waals surface area contributed by atoms with Crippen LogP contribution in [-0.4, -0.2) is 43.5 Å². The number of carbonyl (C=O) groups is 1. The van der Waals surface area contributed by atoms with Crippen LogP contribution in [0.25, 0.3) is 0 Å². The van der Waals surface area contributed by atoms with Gasteiger partial charge in [-0.2, -0.15) is 0 Å². The second-order valence-corrected chi connectivity index (χ2v) is 8.15. The van der Waals surface area contributed by atoms with Gasteiger partial charge in [0.2, 0.25) is 5.91 Å². The van der Waals surface area contributed by atoms with Crippen LogP contribution < -0.4 is 10.6 Å². The van der Waals surface area contributed by atoms with Gasteiger partial charge in [-0.05, 0) is 29.0 Å². The Bertz CT molecular complexity index is 854. The fraction of sp³-hybridized carbons (Fsp3) is 0.440. The quantitative estimate of drug-likeness (QED) is 0.455. The third kappa shape index (κ3) is 7.72. The van der Waals surface area contributed by atoms with E-state index >= 15 is 0 Å². The maximum atomic E-state index is 11.9. The molecule has 6 heteroatoms. The molecule has 2 aromatic carbocycles. The van der Waals surface area contributed by atoms with Gasteiger partial charge in [-0.3, -0.25) is 9.79 Å². The molecule has 1 heterocycles. The fourth-order valence-corrected chi connectivity index (χ4v) is 3.62. The number of aliphatic imine (C=N–C) groups is 1. The first-order chi connectivity index (χ1) is 15.1. The van der Waals surface area contributed by atoms with Crippen molar-refractivity contribution in [2.45, 2.75) is 39.5 Å². The molecule has 0 saturated carbocycles. The number of amides is 1. The van der Waals surface area contributed by atoms with E-state index in [-0.39, 0.29) is 5.91 Å². The summed E-state index contributed by atoms with van der Waals surface area (Å²) in [6, 6.07) is 18.6. The lowest BCUT2D eigenvalue weighted by Crippen LogP contribution is -2.39. The monoisotopic (exact) mass is 422 g/mol. The lowest BCUT2D eigenvalue weighted by Gasteiger charge is -2.17. The first-order valence-electron chi connectivity index (χ1n) is 11.1. The van der Waals surface area contributed by atoms with Crippen LogP contribution in [-0.2, 0) is 29.2 Å². The Hall–Kier alpha value is -2.86. The number of ether oxygens (including phenoxy) is 1. The van der Waals surface area contributed by atoms with Crippen molar-refractivity contribution in [2.24, 2.45) is 10.9 Å². The minimum Gasteiger partial charge on any atom is -0.376 e. The first kappa shape index (κ1) is 22.8. The Balaban J connectivity index is 1.38. The highest BCUT2D eigenvalue weighted by atomic mass is 16.5. The number of hydrogen-bond donors (Lipinski definition) is 2. The fourth-order valence-electron chi connectivity index (χ4n) is 3.62. The number of guanidine groups is 1. The molecule has 1 aliphatic heterocycles. The smallest absolute Gasteiger partial charge is 0.222 e. The average molecular weight is 423 g/mol. The van der Waals surface area contributed by atoms with E-state index in [0.717, 1.165) is 25.5 Å². The summed E-state index contributed by atoms with van der Waals surface area (Å²) in [5.41, 5.74) is 3.53. The van der Waals surface area contributed by atoms with Crippen molar-refractivity contribution in [3.63, 3.8) is 0 Å². The Morgan fingerprint density at radius 2 is 1.87 bits per heavy atom. The summed E-state index contributed by atoms with van der Waals surface area (Å²) in [4.78, 5) is 18.1. The van der Waals surface area contributed by atoms with E-state index in [1.54, 1.807) is 7.05 Å². The molecule has 0 aromatic heterocycles. The number of hydrogen-bond acceptors (Lipinski definition) is 3. The van der Waals surface area contributed by atoms with Crippen molar-refractivity contribution in [1.29, 1.82) is 0 Å². The second-order valence-electron chi connectivity index (χ2n) is 8.15. The summed E-state index contributed by atoms with van der Waals surface area (Å²) in [7, 11) is 1.78. The van der Waals surface area contributed by atoms with Gasteiger partial charge in [-0.1, -0.05) is 61.5 Å². The van der Waals surface area contributed by atoms with Gasteiger partial charge in [-0.15, -0.1) is 0 Å². The van der Waals surface area contributed by atoms with Gasteiger partial charge in [0, 0.05) is 39.6 Å². The summed E-state index contributed by atoms with van der Waals surface area (Å²) >= 11 is 0. The second kappa shape index (κ2) is 12.1. The summed E-state index contributed by atoms with van der Waals surface area (Å²) in [6.45, 7) is 6.51. The van der Waals surface area contributed by atoms with Crippen LogP contribution in [0.4, 0.5) is 0 Å². The van der Waals surface area contributed by atoms with Gasteiger partial charge < -0.3 is 20.3 Å². The summed E-state index contributed by atoms with van der Waals surface area (Å²) in [6.07, 6.45) is 1.65. The number of nitrogens with one attached hydrogen (secondary N) is 2. The number of benzene rings is 2. The van der Waals surface area contributed by atoms with E-state index in [9.17, 15) is 4.79 Å². The largest absolute Gasteiger partial charge is 0.376 e. The maximum Gasteiger partial charge on any atom is 0.222 e. The minimum atomic E-state index is 0.259. The molecule has 3 rings (SSSR count). The van der Waals surface area contributed by atoms with E-state index < -0.39 is 0 Å². The van der Waals surface area contributed by atoms with Gasteiger partial charge in [0.25, 0.3) is 0 Å². The molecule has 1 amide bonds. The van der Waals surface area contributed by atoms with E-state index in [4.69, 9.17) is 4.74 Å². The number of likely N-dealkylation sites (tertiary alicyclic amines) is 1. The van der Waals surface area contributed by atoms with E-state index in [1.165, 1.54) is 16.7 Å². The molecule has 1 saturated heterocycles. The number of carbonyl (C=O) groups excluding carboxylic acids is 1. The molecule has 0 radical (unpaired) electrons. The summed E-state index contributed by atoms with van der Waals surface area (Å²) in [5, 5.41) is 6.74. The zero-order valence-corrected chi connectivity index (χ0v) is 18.6. The van der Waals surface area contributed by atoms with Gasteiger partial charge in [-0.25, -0.2) is 0 Å². The third-order valence-corrected chi connectivity index (χ3v) is 5.35. The maximum absolute atomic E-state index is 11.9. The standard InChI is InChI=1S/C25H34N4O2/c1-20(18-31-19-21-8-4-3-5-9-21)15-27-25(26-2)28-16-22-10-6-11-23(14-22)17-29-13-7-12-24(29)30/h3-6,8-11,14,20H,7,12-13,15-19H2,1-2H3,(H2,26,27,28). The lowest BCUT2D eigenvalue weighted by atomic mass is 10.1. The molecule has 0 spiro atoms. The topological polar surface area (TPSA) is 66.0 Å². The van der Waals surface area contributed by atoms with Crippen LogP contribution in [0.2, 0.25) is 0 Å². The van der Waals surface area contributed by atoms with Crippen molar-refractivity contribution in [3.8, 4) is 0 Å². The van der Waals surface area contributed by atoms with E-state index in [1.807, 2.05) is 23.1 Å². The molecule has 31 heavy (non-hydrogen) atoms. The SMILES string of the molecule is CN=C(NCc1cccc(CN2CCCC2=O)c1)NCC(C)COCc1ccccc1. The number of rotatable bonds is 10. The molecule has 6 nitrogen and oxygen atoms in total. The van der Waals surface area contributed by atoms with Gasteiger partial charge in [0.1, 0.15) is 0 Å². The molecule has 2 N–H and O–H groups in total. The predicted octanol–water partition coefficient (Wildman–Crippen LogP) is 3.33. The first-order valence-corrected chi connectivity index (χ1v) is 11.1. The van der Waals surface area contributed by atoms with Gasteiger partial charge in [0.05, 0.1) is 13.2 Å². The highest BCUT2D eigenvalue weighted by Gasteiger charge is 2.19. The van der Waals surface area contributed by atoms with Crippen molar-refractivity contribution in [2.75, 3.05) is 26.7 Å². The minimum absolute atomic E-state index is 0.259. The van der Waals surface area contributed by atoms with Crippen molar-refractivity contribution >= 4 is 11.9 Å². The van der Waals surface area contributed by atoms with E-state index in [2.05, 4.69) is 58.9 Å². The third-order valence-electron chi connectivity index (χ3n) is 5.35. The molecule has 0 bridgehead atoms. The molecule has 2 aromatic rings. The molecule has 1 unspecified atom stereocenters. The molecule has 1 atom stereocenters. The molecule has 166 valence electrons. The highest BCUT2D eigenvalue weighted by Crippen LogP contribution is 2.15. The van der Waals surface area contributed by atoms with Crippen molar-refractivity contribution < 1.29 is 9.53 Å².